The van der Waals surface area contributed by atoms with Gasteiger partial charge in [0.1, 0.15) is 0 Å². The van der Waals surface area contributed by atoms with E-state index in [1.807, 2.05) is 6.92 Å². The number of morpholine rings is 1. The molecule has 1 fully saturated rings. The van der Waals surface area contributed by atoms with Gasteiger partial charge in [-0.15, -0.1) is 0 Å². The molecule has 20 heavy (non-hydrogen) atoms. The number of urea groups is 1. The lowest BCUT2D eigenvalue weighted by Crippen LogP contribution is -2.55. The van der Waals surface area contributed by atoms with Crippen LogP contribution in [0.3, 0.4) is 0 Å². The Bertz CT molecular complexity index is 338. The van der Waals surface area contributed by atoms with E-state index in [0.717, 1.165) is 0 Å². The van der Waals surface area contributed by atoms with Gasteiger partial charge in [0, 0.05) is 13.7 Å². The molecule has 3 unspecified atom stereocenters. The molecule has 3 atom stereocenters. The maximum Gasteiger partial charge on any atom is 0.317 e. The molecule has 0 spiro atoms. The smallest absolute Gasteiger partial charge is 0.317 e. The van der Waals surface area contributed by atoms with Crippen LogP contribution in [-0.4, -0.2) is 78.8 Å². The number of carbonyl (C=O) groups is 2. The van der Waals surface area contributed by atoms with Crippen molar-refractivity contribution in [1.29, 1.82) is 0 Å². The first-order valence-corrected chi connectivity index (χ1v) is 6.49. The van der Waals surface area contributed by atoms with Gasteiger partial charge in [-0.3, -0.25) is 4.79 Å². The first kappa shape index (κ1) is 16.7. The summed E-state index contributed by atoms with van der Waals surface area (Å²) in [5, 5.41) is 20.4. The van der Waals surface area contributed by atoms with Gasteiger partial charge in [-0.2, -0.15) is 0 Å². The zero-order chi connectivity index (χ0) is 15.1. The lowest BCUT2D eigenvalue weighted by molar-refractivity contribution is -0.139. The number of rotatable bonds is 6. The summed E-state index contributed by atoms with van der Waals surface area (Å²) < 4.78 is 10.3. The molecule has 0 aromatic carbocycles. The number of methoxy groups -OCH3 is 1. The van der Waals surface area contributed by atoms with E-state index >= 15 is 0 Å². The Kier molecular flexibility index (Phi) is 6.69. The van der Waals surface area contributed by atoms with Crippen LogP contribution in [0.15, 0.2) is 0 Å². The molecule has 0 aromatic heterocycles. The minimum atomic E-state index is -0.980. The highest BCUT2D eigenvalue weighted by molar-refractivity contribution is 5.75. The third kappa shape index (κ3) is 4.95. The molecule has 116 valence electrons. The molecule has 3 N–H and O–H groups in total. The number of aliphatic hydroxyl groups is 1. The molecule has 0 saturated carbocycles. The van der Waals surface area contributed by atoms with Crippen molar-refractivity contribution in [2.45, 2.75) is 31.6 Å². The minimum absolute atomic E-state index is 0.0988. The molecule has 2 amide bonds. The summed E-state index contributed by atoms with van der Waals surface area (Å²) in [6.45, 7) is 2.49. The van der Waals surface area contributed by atoms with E-state index in [2.05, 4.69) is 5.32 Å². The second-order valence-corrected chi connectivity index (χ2v) is 4.78. The Morgan fingerprint density at radius 2 is 2.25 bits per heavy atom. The number of hydrogen-bond donors (Lipinski definition) is 3. The van der Waals surface area contributed by atoms with Crippen LogP contribution < -0.4 is 5.32 Å². The maximum atomic E-state index is 12.1. The highest BCUT2D eigenvalue weighted by Gasteiger charge is 2.29. The molecule has 1 heterocycles. The Hall–Kier alpha value is -1.38. The fourth-order valence-electron chi connectivity index (χ4n) is 1.95. The van der Waals surface area contributed by atoms with Crippen LogP contribution in [0.2, 0.25) is 0 Å². The van der Waals surface area contributed by atoms with Crippen LogP contribution in [0.1, 0.15) is 13.3 Å². The highest BCUT2D eigenvalue weighted by atomic mass is 16.5. The number of amides is 2. The molecule has 1 rings (SSSR count). The predicted octanol–water partition coefficient (Wildman–Crippen LogP) is -0.733. The van der Waals surface area contributed by atoms with Crippen LogP contribution in [0, 0.1) is 0 Å². The third-order valence-electron chi connectivity index (χ3n) is 3.19. The van der Waals surface area contributed by atoms with Crippen LogP contribution in [0.4, 0.5) is 4.79 Å². The summed E-state index contributed by atoms with van der Waals surface area (Å²) in [5.41, 5.74) is 0. The summed E-state index contributed by atoms with van der Waals surface area (Å²) in [5.74, 6) is -0.980. The summed E-state index contributed by atoms with van der Waals surface area (Å²) in [6.07, 6.45) is -1.12. The normalized spacial score (nSPS) is 24.2. The van der Waals surface area contributed by atoms with Gasteiger partial charge < -0.3 is 29.9 Å². The van der Waals surface area contributed by atoms with E-state index in [-0.39, 0.29) is 37.7 Å². The van der Waals surface area contributed by atoms with Crippen molar-refractivity contribution in [1.82, 2.24) is 10.2 Å². The van der Waals surface area contributed by atoms with E-state index in [0.29, 0.717) is 13.2 Å². The van der Waals surface area contributed by atoms with Gasteiger partial charge in [-0.1, -0.05) is 0 Å². The third-order valence-corrected chi connectivity index (χ3v) is 3.19. The van der Waals surface area contributed by atoms with E-state index in [4.69, 9.17) is 19.7 Å². The fraction of sp³-hybridized carbons (Fsp3) is 0.833. The molecular weight excluding hydrogens is 268 g/mol. The van der Waals surface area contributed by atoms with Gasteiger partial charge in [0.25, 0.3) is 0 Å². The van der Waals surface area contributed by atoms with Crippen molar-refractivity contribution in [2.75, 3.05) is 33.4 Å². The van der Waals surface area contributed by atoms with Crippen LogP contribution >= 0.6 is 0 Å². The number of hydrogen-bond acceptors (Lipinski definition) is 5. The molecule has 0 aliphatic carbocycles. The summed E-state index contributed by atoms with van der Waals surface area (Å²) in [6, 6.07) is -0.412. The predicted molar refractivity (Wildman–Crippen MR) is 69.4 cm³/mol. The number of aliphatic carboxylic acids is 1. The van der Waals surface area contributed by atoms with Gasteiger partial charge in [-0.05, 0) is 6.92 Å². The lowest BCUT2D eigenvalue weighted by Gasteiger charge is -2.37. The number of aliphatic hydroxyl groups excluding tert-OH is 1. The quantitative estimate of drug-likeness (QED) is 0.595. The standard InChI is InChI=1S/C12H22N2O6/c1-8-7-20-10(6-15)5-14(8)12(18)13-4-9(19-2)3-11(16)17/h8-10,15H,3-7H2,1-2H3,(H,13,18)(H,16,17). The molecule has 8 heteroatoms. The Morgan fingerprint density at radius 1 is 1.55 bits per heavy atom. The molecule has 8 nitrogen and oxygen atoms in total. The van der Waals surface area contributed by atoms with Crippen molar-refractivity contribution < 1.29 is 29.3 Å². The molecule has 1 aliphatic rings. The van der Waals surface area contributed by atoms with Crippen LogP contribution in [0.25, 0.3) is 0 Å². The van der Waals surface area contributed by atoms with Crippen molar-refractivity contribution >= 4 is 12.0 Å². The van der Waals surface area contributed by atoms with Crippen LogP contribution in [-0.2, 0) is 14.3 Å². The van der Waals surface area contributed by atoms with Gasteiger partial charge in [0.2, 0.25) is 0 Å². The second kappa shape index (κ2) is 8.03. The molecule has 1 aliphatic heterocycles. The largest absolute Gasteiger partial charge is 0.481 e. The first-order chi connectivity index (χ1) is 9.47. The average Bonchev–Trinajstić information content (AvgIpc) is 2.43. The lowest BCUT2D eigenvalue weighted by atomic mass is 10.2. The Labute approximate surface area is 117 Å². The van der Waals surface area contributed by atoms with Crippen molar-refractivity contribution in [3.8, 4) is 0 Å². The SMILES string of the molecule is COC(CNC(=O)N1CC(CO)OCC1C)CC(=O)O. The number of nitrogens with one attached hydrogen (secondary N) is 1. The number of ether oxygens (including phenoxy) is 2. The number of carboxylic acid groups (broad SMARTS) is 1. The monoisotopic (exact) mass is 290 g/mol. The molecule has 0 radical (unpaired) electrons. The summed E-state index contributed by atoms with van der Waals surface area (Å²) >= 11 is 0. The van der Waals surface area contributed by atoms with Crippen molar-refractivity contribution in [3.05, 3.63) is 0 Å². The summed E-state index contributed by atoms with van der Waals surface area (Å²) in [4.78, 5) is 24.2. The van der Waals surface area contributed by atoms with E-state index in [1.54, 1.807) is 4.90 Å². The summed E-state index contributed by atoms with van der Waals surface area (Å²) in [7, 11) is 1.40. The van der Waals surface area contributed by atoms with E-state index < -0.39 is 12.1 Å². The van der Waals surface area contributed by atoms with Crippen molar-refractivity contribution in [3.63, 3.8) is 0 Å². The van der Waals surface area contributed by atoms with Crippen molar-refractivity contribution in [2.24, 2.45) is 0 Å². The Morgan fingerprint density at radius 3 is 2.80 bits per heavy atom. The van der Waals surface area contributed by atoms with Crippen LogP contribution in [0.5, 0.6) is 0 Å². The average molecular weight is 290 g/mol. The molecule has 1 saturated heterocycles. The number of carboxylic acids is 1. The number of nitrogens with zero attached hydrogens (tertiary/aromatic N) is 1. The first-order valence-electron chi connectivity index (χ1n) is 6.49. The highest BCUT2D eigenvalue weighted by Crippen LogP contribution is 2.11. The molecule has 0 aromatic rings. The molecular formula is C12H22N2O6. The van der Waals surface area contributed by atoms with Gasteiger partial charge in [0.05, 0.1) is 44.4 Å². The zero-order valence-corrected chi connectivity index (χ0v) is 11.7. The zero-order valence-electron chi connectivity index (χ0n) is 11.7. The minimum Gasteiger partial charge on any atom is -0.481 e. The second-order valence-electron chi connectivity index (χ2n) is 4.78. The maximum absolute atomic E-state index is 12.1. The molecule has 0 bridgehead atoms. The number of carbonyl (C=O) groups excluding carboxylic acids is 1. The van der Waals surface area contributed by atoms with Gasteiger partial charge in [-0.25, -0.2) is 4.79 Å². The van der Waals surface area contributed by atoms with Gasteiger partial charge in [0.15, 0.2) is 0 Å². The van der Waals surface area contributed by atoms with E-state index in [9.17, 15) is 9.59 Å². The van der Waals surface area contributed by atoms with Gasteiger partial charge >= 0.3 is 12.0 Å². The fourth-order valence-corrected chi connectivity index (χ4v) is 1.95. The van der Waals surface area contributed by atoms with E-state index in [1.165, 1.54) is 7.11 Å². The Balaban J connectivity index is 2.45. The topological polar surface area (TPSA) is 108 Å².